The molecule has 0 aliphatic rings. The Morgan fingerprint density at radius 1 is 1.42 bits per heavy atom. The van der Waals surface area contributed by atoms with Crippen LogP contribution in [0.2, 0.25) is 0 Å². The summed E-state index contributed by atoms with van der Waals surface area (Å²) in [4.78, 5) is 13.5. The highest BCUT2D eigenvalue weighted by molar-refractivity contribution is 5.91. The Kier molecular flexibility index (Phi) is 5.23. The molecule has 0 atom stereocenters. The first-order valence-corrected chi connectivity index (χ1v) is 6.44. The number of carbonyl (C=O) groups is 1. The zero-order valence-electron chi connectivity index (χ0n) is 12.1. The topological polar surface area (TPSA) is 84.1 Å². The van der Waals surface area contributed by atoms with Crippen molar-refractivity contribution >= 4 is 11.7 Å². The molecular formula is C13H23N5O. The summed E-state index contributed by atoms with van der Waals surface area (Å²) in [5.41, 5.74) is 6.08. The molecule has 0 aromatic carbocycles. The standard InChI is InChI=1S/C13H23N5O/c1-5-18(9-13(2,3)8-14)11-7-6-10(16-17-11)12(19)15-4/h6-7H,5,8-9,14H2,1-4H3,(H,15,19). The number of nitrogens with one attached hydrogen (secondary N) is 1. The third-order valence-corrected chi connectivity index (χ3v) is 2.99. The number of nitrogens with zero attached hydrogens (tertiary/aromatic N) is 3. The van der Waals surface area contributed by atoms with Gasteiger partial charge in [0.2, 0.25) is 0 Å². The number of aromatic nitrogens is 2. The van der Waals surface area contributed by atoms with Crippen LogP contribution in [0.1, 0.15) is 31.3 Å². The molecule has 0 spiro atoms. The fourth-order valence-corrected chi connectivity index (χ4v) is 1.68. The van der Waals surface area contributed by atoms with E-state index < -0.39 is 0 Å². The minimum Gasteiger partial charge on any atom is -0.355 e. The van der Waals surface area contributed by atoms with Gasteiger partial charge in [0.05, 0.1) is 0 Å². The molecular weight excluding hydrogens is 242 g/mol. The Hall–Kier alpha value is -1.69. The summed E-state index contributed by atoms with van der Waals surface area (Å²) in [5, 5.41) is 10.6. The quantitative estimate of drug-likeness (QED) is 0.789. The molecule has 0 aliphatic carbocycles. The van der Waals surface area contributed by atoms with E-state index in [9.17, 15) is 4.79 Å². The second-order valence-corrected chi connectivity index (χ2v) is 5.24. The van der Waals surface area contributed by atoms with Gasteiger partial charge >= 0.3 is 0 Å². The largest absolute Gasteiger partial charge is 0.355 e. The lowest BCUT2D eigenvalue weighted by Gasteiger charge is -2.31. The van der Waals surface area contributed by atoms with Crippen LogP contribution in [0.3, 0.4) is 0 Å². The summed E-state index contributed by atoms with van der Waals surface area (Å²) in [6, 6.07) is 3.49. The second-order valence-electron chi connectivity index (χ2n) is 5.24. The fourth-order valence-electron chi connectivity index (χ4n) is 1.68. The predicted octanol–water partition coefficient (Wildman–Crippen LogP) is 0.647. The van der Waals surface area contributed by atoms with Crippen molar-refractivity contribution < 1.29 is 4.79 Å². The van der Waals surface area contributed by atoms with Crippen LogP contribution in [0.5, 0.6) is 0 Å². The Labute approximate surface area is 114 Å². The van der Waals surface area contributed by atoms with E-state index >= 15 is 0 Å². The number of rotatable bonds is 6. The summed E-state index contributed by atoms with van der Waals surface area (Å²) in [6.07, 6.45) is 0. The van der Waals surface area contributed by atoms with E-state index in [1.165, 1.54) is 0 Å². The highest BCUT2D eigenvalue weighted by atomic mass is 16.1. The van der Waals surface area contributed by atoms with Gasteiger partial charge in [-0.2, -0.15) is 0 Å². The predicted molar refractivity (Wildman–Crippen MR) is 76.1 cm³/mol. The summed E-state index contributed by atoms with van der Waals surface area (Å²) in [7, 11) is 1.57. The first kappa shape index (κ1) is 15.4. The van der Waals surface area contributed by atoms with Crippen molar-refractivity contribution in [3.8, 4) is 0 Å². The van der Waals surface area contributed by atoms with Crippen molar-refractivity contribution in [2.24, 2.45) is 11.1 Å². The lowest BCUT2D eigenvalue weighted by Crippen LogP contribution is -2.39. The van der Waals surface area contributed by atoms with Crippen LogP contribution in [0.4, 0.5) is 5.82 Å². The molecule has 0 saturated carbocycles. The van der Waals surface area contributed by atoms with Gasteiger partial charge in [0.1, 0.15) is 0 Å². The number of hydrogen-bond acceptors (Lipinski definition) is 5. The third kappa shape index (κ3) is 4.17. The Morgan fingerprint density at radius 3 is 2.53 bits per heavy atom. The average Bonchev–Trinajstić information content (AvgIpc) is 2.44. The molecule has 0 unspecified atom stereocenters. The zero-order valence-corrected chi connectivity index (χ0v) is 12.1. The Bertz CT molecular complexity index is 416. The maximum absolute atomic E-state index is 11.4. The van der Waals surface area contributed by atoms with Crippen molar-refractivity contribution in [3.05, 3.63) is 17.8 Å². The molecule has 1 rings (SSSR count). The van der Waals surface area contributed by atoms with Crippen LogP contribution in [-0.2, 0) is 0 Å². The average molecular weight is 265 g/mol. The van der Waals surface area contributed by atoms with Crippen LogP contribution in [0.15, 0.2) is 12.1 Å². The third-order valence-electron chi connectivity index (χ3n) is 2.99. The van der Waals surface area contributed by atoms with Gasteiger partial charge in [0.15, 0.2) is 11.5 Å². The minimum atomic E-state index is -0.232. The minimum absolute atomic E-state index is 0.0111. The number of nitrogens with two attached hydrogens (primary N) is 1. The van der Waals surface area contributed by atoms with Gasteiger partial charge in [-0.15, -0.1) is 10.2 Å². The number of amides is 1. The molecule has 1 aromatic rings. The number of anilines is 1. The molecule has 1 amide bonds. The normalized spacial score (nSPS) is 11.2. The van der Waals surface area contributed by atoms with E-state index in [-0.39, 0.29) is 11.3 Å². The zero-order chi connectivity index (χ0) is 14.5. The Morgan fingerprint density at radius 2 is 2.11 bits per heavy atom. The van der Waals surface area contributed by atoms with Gasteiger partial charge in [-0.3, -0.25) is 4.79 Å². The van der Waals surface area contributed by atoms with Crippen molar-refractivity contribution in [1.29, 1.82) is 0 Å². The molecule has 3 N–H and O–H groups in total. The summed E-state index contributed by atoms with van der Waals surface area (Å²) in [5.74, 6) is 0.529. The van der Waals surface area contributed by atoms with E-state index in [2.05, 4.69) is 41.2 Å². The molecule has 0 saturated heterocycles. The highest BCUT2D eigenvalue weighted by Gasteiger charge is 2.20. The maximum Gasteiger partial charge on any atom is 0.271 e. The SMILES string of the molecule is CCN(CC(C)(C)CN)c1ccc(C(=O)NC)nn1. The van der Waals surface area contributed by atoms with E-state index in [1.807, 2.05) is 6.07 Å². The van der Waals surface area contributed by atoms with Crippen LogP contribution in [0, 0.1) is 5.41 Å². The lowest BCUT2D eigenvalue weighted by molar-refractivity contribution is 0.0957. The number of hydrogen-bond donors (Lipinski definition) is 2. The van der Waals surface area contributed by atoms with Gasteiger partial charge in [0.25, 0.3) is 5.91 Å². The maximum atomic E-state index is 11.4. The van der Waals surface area contributed by atoms with Gasteiger partial charge in [0, 0.05) is 20.1 Å². The summed E-state index contributed by atoms with van der Waals surface area (Å²) >= 11 is 0. The van der Waals surface area contributed by atoms with Crippen LogP contribution < -0.4 is 16.0 Å². The summed E-state index contributed by atoms with van der Waals surface area (Å²) in [6.45, 7) is 8.50. The van der Waals surface area contributed by atoms with Crippen molar-refractivity contribution in [3.63, 3.8) is 0 Å². The van der Waals surface area contributed by atoms with Crippen molar-refractivity contribution in [2.75, 3.05) is 31.6 Å². The molecule has 19 heavy (non-hydrogen) atoms. The second kappa shape index (κ2) is 6.47. The van der Waals surface area contributed by atoms with Gasteiger partial charge in [-0.05, 0) is 31.0 Å². The van der Waals surface area contributed by atoms with Crippen LogP contribution in [-0.4, -0.2) is 42.8 Å². The van der Waals surface area contributed by atoms with Gasteiger partial charge in [-0.25, -0.2) is 0 Å². The van der Waals surface area contributed by atoms with Crippen molar-refractivity contribution in [2.45, 2.75) is 20.8 Å². The van der Waals surface area contributed by atoms with Gasteiger partial charge < -0.3 is 16.0 Å². The van der Waals surface area contributed by atoms with Crippen molar-refractivity contribution in [1.82, 2.24) is 15.5 Å². The number of carbonyl (C=O) groups excluding carboxylic acids is 1. The Balaban J connectivity index is 2.85. The molecule has 0 radical (unpaired) electrons. The monoisotopic (exact) mass is 265 g/mol. The lowest BCUT2D eigenvalue weighted by atomic mass is 9.93. The molecule has 0 bridgehead atoms. The van der Waals surface area contributed by atoms with Crippen LogP contribution >= 0.6 is 0 Å². The smallest absolute Gasteiger partial charge is 0.271 e. The molecule has 1 heterocycles. The fraction of sp³-hybridized carbons (Fsp3) is 0.615. The molecule has 1 aromatic heterocycles. The van der Waals surface area contributed by atoms with E-state index in [4.69, 9.17) is 5.73 Å². The van der Waals surface area contributed by atoms with E-state index in [0.717, 1.165) is 18.9 Å². The highest BCUT2D eigenvalue weighted by Crippen LogP contribution is 2.19. The molecule has 6 heteroatoms. The van der Waals surface area contributed by atoms with E-state index in [0.29, 0.717) is 12.2 Å². The first-order chi connectivity index (χ1) is 8.93. The molecule has 0 fully saturated rings. The molecule has 0 aliphatic heterocycles. The van der Waals surface area contributed by atoms with E-state index in [1.54, 1.807) is 13.1 Å². The molecule has 6 nitrogen and oxygen atoms in total. The van der Waals surface area contributed by atoms with Gasteiger partial charge in [-0.1, -0.05) is 13.8 Å². The van der Waals surface area contributed by atoms with Crippen LogP contribution in [0.25, 0.3) is 0 Å². The summed E-state index contributed by atoms with van der Waals surface area (Å²) < 4.78 is 0. The first-order valence-electron chi connectivity index (χ1n) is 6.44. The molecule has 106 valence electrons.